The molecule has 0 spiro atoms. The maximum atomic E-state index is 13.0. The summed E-state index contributed by atoms with van der Waals surface area (Å²) in [5.41, 5.74) is 0.853. The number of halogens is 2. The maximum Gasteiger partial charge on any atom is 0.266 e. The van der Waals surface area contributed by atoms with Crippen LogP contribution in [0.25, 0.3) is 10.2 Å². The Morgan fingerprint density at radius 1 is 1.17 bits per heavy atom. The van der Waals surface area contributed by atoms with Crippen molar-refractivity contribution in [1.29, 1.82) is 0 Å². The molecular weight excluding hydrogens is 431 g/mol. The average Bonchev–Trinajstić information content (AvgIpc) is 3.37. The molecule has 0 fully saturated rings. The molecule has 4 aromatic rings. The number of thiazole rings is 1. The molecule has 0 unspecified atom stereocenters. The monoisotopic (exact) mass is 446 g/mol. The smallest absolute Gasteiger partial charge is 0.266 e. The number of ether oxygens (including phenoxy) is 1. The Hall–Kier alpha value is -2.61. The second kappa shape index (κ2) is 8.82. The molecule has 0 aliphatic heterocycles. The number of amides is 1. The molecule has 2 aromatic carbocycles. The highest BCUT2D eigenvalue weighted by molar-refractivity contribution is 7.22. The minimum absolute atomic E-state index is 0.170. The topological polar surface area (TPSA) is 60.2 Å². The van der Waals surface area contributed by atoms with Crippen LogP contribution in [0.4, 0.5) is 5.13 Å². The van der Waals surface area contributed by atoms with Crippen LogP contribution in [0.15, 0.2) is 60.9 Å². The SMILES string of the molecule is O=C(COc1ccc(Cl)cc1Cl)N(CCn1cccn1)c1nc2ccccc2s1. The molecule has 0 saturated carbocycles. The van der Waals surface area contributed by atoms with Gasteiger partial charge in [-0.2, -0.15) is 5.10 Å². The first-order valence-corrected chi connectivity index (χ1v) is 10.4. The molecule has 6 nitrogen and oxygen atoms in total. The number of benzene rings is 2. The van der Waals surface area contributed by atoms with Gasteiger partial charge >= 0.3 is 0 Å². The van der Waals surface area contributed by atoms with Crippen molar-refractivity contribution in [3.63, 3.8) is 0 Å². The first-order valence-electron chi connectivity index (χ1n) is 8.81. The summed E-state index contributed by atoms with van der Waals surface area (Å²) in [4.78, 5) is 19.2. The summed E-state index contributed by atoms with van der Waals surface area (Å²) in [6.07, 6.45) is 3.56. The minimum atomic E-state index is -0.220. The van der Waals surface area contributed by atoms with E-state index in [0.717, 1.165) is 10.2 Å². The summed E-state index contributed by atoms with van der Waals surface area (Å²) in [5, 5.41) is 5.68. The van der Waals surface area contributed by atoms with Gasteiger partial charge < -0.3 is 4.74 Å². The molecule has 2 aromatic heterocycles. The molecule has 0 atom stereocenters. The highest BCUT2D eigenvalue weighted by atomic mass is 35.5. The highest BCUT2D eigenvalue weighted by Crippen LogP contribution is 2.30. The zero-order valence-electron chi connectivity index (χ0n) is 15.2. The number of carbonyl (C=O) groups is 1. The van der Waals surface area contributed by atoms with Gasteiger partial charge in [-0.1, -0.05) is 46.7 Å². The van der Waals surface area contributed by atoms with Gasteiger partial charge in [0.15, 0.2) is 11.7 Å². The van der Waals surface area contributed by atoms with Crippen molar-refractivity contribution >= 4 is 55.8 Å². The lowest BCUT2D eigenvalue weighted by Gasteiger charge is -2.20. The fraction of sp³-hybridized carbons (Fsp3) is 0.150. The summed E-state index contributed by atoms with van der Waals surface area (Å²) in [5.74, 6) is 0.183. The molecule has 4 rings (SSSR count). The number of fused-ring (bicyclic) bond motifs is 1. The molecule has 2 heterocycles. The molecule has 9 heteroatoms. The van der Waals surface area contributed by atoms with Crippen molar-refractivity contribution in [2.75, 3.05) is 18.1 Å². The van der Waals surface area contributed by atoms with E-state index in [9.17, 15) is 4.79 Å². The van der Waals surface area contributed by atoms with E-state index in [1.54, 1.807) is 34.0 Å². The second-order valence-corrected chi connectivity index (χ2v) is 7.99. The number of rotatable bonds is 7. The normalized spacial score (nSPS) is 11.0. The molecule has 148 valence electrons. The summed E-state index contributed by atoms with van der Waals surface area (Å²) in [6.45, 7) is 0.783. The molecule has 0 aliphatic rings. The van der Waals surface area contributed by atoms with Crippen molar-refractivity contribution in [1.82, 2.24) is 14.8 Å². The number of para-hydroxylation sites is 1. The van der Waals surface area contributed by atoms with Gasteiger partial charge in [-0.25, -0.2) is 4.98 Å². The van der Waals surface area contributed by atoms with Gasteiger partial charge in [-0.05, 0) is 36.4 Å². The summed E-state index contributed by atoms with van der Waals surface area (Å²) in [6, 6.07) is 14.5. The van der Waals surface area contributed by atoms with Crippen molar-refractivity contribution < 1.29 is 9.53 Å². The molecule has 0 radical (unpaired) electrons. The van der Waals surface area contributed by atoms with Crippen LogP contribution < -0.4 is 9.64 Å². The predicted molar refractivity (Wildman–Crippen MR) is 116 cm³/mol. The lowest BCUT2D eigenvalue weighted by Crippen LogP contribution is -2.37. The number of nitrogens with zero attached hydrogens (tertiary/aromatic N) is 4. The third-order valence-electron chi connectivity index (χ3n) is 4.17. The van der Waals surface area contributed by atoms with Crippen LogP contribution in [0.5, 0.6) is 5.75 Å². The zero-order chi connectivity index (χ0) is 20.2. The standard InChI is InChI=1S/C20H16Cl2N4O2S/c21-14-6-7-17(15(22)12-14)28-13-19(27)26(11-10-25-9-3-8-23-25)20-24-16-4-1-2-5-18(16)29-20/h1-9,12H,10-11,13H2. The molecule has 29 heavy (non-hydrogen) atoms. The Morgan fingerprint density at radius 3 is 2.79 bits per heavy atom. The zero-order valence-corrected chi connectivity index (χ0v) is 17.5. The third-order valence-corrected chi connectivity index (χ3v) is 5.76. The minimum Gasteiger partial charge on any atom is -0.482 e. The first kappa shape index (κ1) is 19.7. The fourth-order valence-electron chi connectivity index (χ4n) is 2.75. The second-order valence-electron chi connectivity index (χ2n) is 6.14. The van der Waals surface area contributed by atoms with E-state index in [4.69, 9.17) is 27.9 Å². The van der Waals surface area contributed by atoms with Gasteiger partial charge in [0.2, 0.25) is 0 Å². The molecule has 0 aliphatic carbocycles. The van der Waals surface area contributed by atoms with Crippen molar-refractivity contribution in [3.8, 4) is 5.75 Å². The highest BCUT2D eigenvalue weighted by Gasteiger charge is 2.21. The van der Waals surface area contributed by atoms with Crippen LogP contribution in [-0.4, -0.2) is 33.8 Å². The predicted octanol–water partition coefficient (Wildman–Crippen LogP) is 4.91. The third kappa shape index (κ3) is 4.70. The molecular formula is C20H16Cl2N4O2S. The number of hydrogen-bond donors (Lipinski definition) is 0. The van der Waals surface area contributed by atoms with Crippen LogP contribution in [0.1, 0.15) is 0 Å². The van der Waals surface area contributed by atoms with E-state index in [1.165, 1.54) is 11.3 Å². The van der Waals surface area contributed by atoms with Gasteiger partial charge in [0.25, 0.3) is 5.91 Å². The Balaban J connectivity index is 1.54. The van der Waals surface area contributed by atoms with Gasteiger partial charge in [-0.15, -0.1) is 0 Å². The number of carbonyl (C=O) groups excluding carboxylic acids is 1. The van der Waals surface area contributed by atoms with E-state index >= 15 is 0 Å². The van der Waals surface area contributed by atoms with Crippen LogP contribution in [0.3, 0.4) is 0 Å². The molecule has 0 N–H and O–H groups in total. The summed E-state index contributed by atoms with van der Waals surface area (Å²) >= 11 is 13.5. The molecule has 0 bridgehead atoms. The van der Waals surface area contributed by atoms with E-state index < -0.39 is 0 Å². The largest absolute Gasteiger partial charge is 0.482 e. The van der Waals surface area contributed by atoms with Crippen molar-refractivity contribution in [2.24, 2.45) is 0 Å². The van der Waals surface area contributed by atoms with Crippen LogP contribution in [0.2, 0.25) is 10.0 Å². The van der Waals surface area contributed by atoms with Gasteiger partial charge in [0.1, 0.15) is 5.75 Å². The van der Waals surface area contributed by atoms with E-state index in [0.29, 0.717) is 34.0 Å². The molecule has 0 saturated heterocycles. The van der Waals surface area contributed by atoms with Crippen molar-refractivity contribution in [2.45, 2.75) is 6.54 Å². The van der Waals surface area contributed by atoms with E-state index in [2.05, 4.69) is 10.1 Å². The van der Waals surface area contributed by atoms with Crippen LogP contribution in [0, 0.1) is 0 Å². The number of anilines is 1. The van der Waals surface area contributed by atoms with Crippen LogP contribution in [-0.2, 0) is 11.3 Å². The van der Waals surface area contributed by atoms with Crippen LogP contribution >= 0.6 is 34.5 Å². The van der Waals surface area contributed by atoms with E-state index in [-0.39, 0.29) is 12.5 Å². The Bertz CT molecular complexity index is 1100. The fourth-order valence-corrected chi connectivity index (χ4v) is 4.22. The Kier molecular flexibility index (Phi) is 5.99. The Morgan fingerprint density at radius 2 is 2.03 bits per heavy atom. The van der Waals surface area contributed by atoms with Gasteiger partial charge in [-0.3, -0.25) is 14.4 Å². The van der Waals surface area contributed by atoms with Gasteiger partial charge in [0, 0.05) is 24.0 Å². The van der Waals surface area contributed by atoms with Gasteiger partial charge in [0.05, 0.1) is 21.8 Å². The van der Waals surface area contributed by atoms with Crippen molar-refractivity contribution in [3.05, 3.63) is 71.0 Å². The number of aromatic nitrogens is 3. The maximum absolute atomic E-state index is 13.0. The molecule has 1 amide bonds. The lowest BCUT2D eigenvalue weighted by molar-refractivity contribution is -0.120. The summed E-state index contributed by atoms with van der Waals surface area (Å²) in [7, 11) is 0. The number of hydrogen-bond acceptors (Lipinski definition) is 5. The first-order chi connectivity index (χ1) is 14.1. The van der Waals surface area contributed by atoms with E-state index in [1.807, 2.05) is 36.5 Å². The quantitative estimate of drug-likeness (QED) is 0.404. The lowest BCUT2D eigenvalue weighted by atomic mass is 10.3. The summed E-state index contributed by atoms with van der Waals surface area (Å²) < 4.78 is 8.42. The average molecular weight is 447 g/mol. The Labute approximate surface area is 181 Å².